The lowest BCUT2D eigenvalue weighted by Gasteiger charge is -2.11. The van der Waals surface area contributed by atoms with Crippen LogP contribution in [0.15, 0.2) is 48.9 Å². The number of rotatable bonds is 7. The minimum Gasteiger partial charge on any atom is -0.338 e. The fourth-order valence-corrected chi connectivity index (χ4v) is 2.79. The molecule has 1 aromatic carbocycles. The molecule has 2 amide bonds. The maximum atomic E-state index is 12.0. The van der Waals surface area contributed by atoms with Crippen LogP contribution in [0.5, 0.6) is 0 Å². The Kier molecular flexibility index (Phi) is 5.68. The van der Waals surface area contributed by atoms with E-state index in [2.05, 4.69) is 44.2 Å². The van der Waals surface area contributed by atoms with Gasteiger partial charge in [-0.15, -0.1) is 0 Å². The van der Waals surface area contributed by atoms with Crippen LogP contribution in [-0.2, 0) is 6.54 Å². The molecule has 0 spiro atoms. The van der Waals surface area contributed by atoms with E-state index in [-0.39, 0.29) is 6.03 Å². The van der Waals surface area contributed by atoms with Crippen molar-refractivity contribution in [3.8, 4) is 11.3 Å². The summed E-state index contributed by atoms with van der Waals surface area (Å²) in [4.78, 5) is 16.4. The van der Waals surface area contributed by atoms with E-state index >= 15 is 0 Å². The number of urea groups is 1. The molecular formula is C19H24N6O. The molecule has 0 aliphatic carbocycles. The first kappa shape index (κ1) is 17.7. The Bertz CT molecular complexity index is 820. The van der Waals surface area contributed by atoms with Crippen LogP contribution < -0.4 is 10.6 Å². The molecule has 136 valence electrons. The number of amides is 2. The molecule has 0 atom stereocenters. The van der Waals surface area contributed by atoms with Crippen LogP contribution in [-0.4, -0.2) is 32.3 Å². The molecule has 3 rings (SSSR count). The van der Waals surface area contributed by atoms with Crippen LogP contribution >= 0.6 is 0 Å². The summed E-state index contributed by atoms with van der Waals surface area (Å²) in [6.45, 7) is 5.70. The molecule has 7 heteroatoms. The topological polar surface area (TPSA) is 87.6 Å². The molecule has 3 N–H and O–H groups in total. The third-order valence-electron chi connectivity index (χ3n) is 4.08. The quantitative estimate of drug-likeness (QED) is 0.568. The average molecular weight is 352 g/mol. The van der Waals surface area contributed by atoms with Gasteiger partial charge in [0.15, 0.2) is 0 Å². The predicted octanol–water partition coefficient (Wildman–Crippen LogP) is 3.61. The summed E-state index contributed by atoms with van der Waals surface area (Å²) < 4.78 is 2.14. The maximum Gasteiger partial charge on any atom is 0.319 e. The zero-order chi connectivity index (χ0) is 18.4. The minimum absolute atomic E-state index is 0.200. The van der Waals surface area contributed by atoms with E-state index < -0.39 is 0 Å². The molecular weight excluding hydrogens is 328 g/mol. The summed E-state index contributed by atoms with van der Waals surface area (Å²) in [6, 6.07) is 9.33. The van der Waals surface area contributed by atoms with Crippen LogP contribution in [0.4, 0.5) is 10.5 Å². The van der Waals surface area contributed by atoms with Crippen molar-refractivity contribution in [1.29, 1.82) is 0 Å². The van der Waals surface area contributed by atoms with Gasteiger partial charge in [-0.05, 0) is 30.2 Å². The number of hydrogen-bond acceptors (Lipinski definition) is 3. The molecule has 2 aromatic heterocycles. The Morgan fingerprint density at radius 1 is 1.19 bits per heavy atom. The fourth-order valence-electron chi connectivity index (χ4n) is 2.79. The van der Waals surface area contributed by atoms with Crippen LogP contribution in [0.25, 0.3) is 11.3 Å². The van der Waals surface area contributed by atoms with Crippen molar-refractivity contribution in [2.45, 2.75) is 32.7 Å². The van der Waals surface area contributed by atoms with Crippen molar-refractivity contribution >= 4 is 11.7 Å². The van der Waals surface area contributed by atoms with Gasteiger partial charge in [-0.2, -0.15) is 5.10 Å². The predicted molar refractivity (Wildman–Crippen MR) is 102 cm³/mol. The van der Waals surface area contributed by atoms with Crippen LogP contribution in [0.2, 0.25) is 0 Å². The number of carbonyl (C=O) groups is 1. The third kappa shape index (κ3) is 4.50. The summed E-state index contributed by atoms with van der Waals surface area (Å²) in [5.74, 6) is 1.47. The summed E-state index contributed by atoms with van der Waals surface area (Å²) >= 11 is 0. The summed E-state index contributed by atoms with van der Waals surface area (Å²) in [6.07, 6.45) is 6.37. The molecule has 0 saturated heterocycles. The highest BCUT2D eigenvalue weighted by Gasteiger charge is 2.07. The molecule has 0 bridgehead atoms. The number of aromatic nitrogens is 4. The van der Waals surface area contributed by atoms with E-state index in [0.29, 0.717) is 12.5 Å². The zero-order valence-corrected chi connectivity index (χ0v) is 15.1. The number of nitrogens with one attached hydrogen (secondary N) is 3. The van der Waals surface area contributed by atoms with Gasteiger partial charge in [0.2, 0.25) is 0 Å². The van der Waals surface area contributed by atoms with Crippen molar-refractivity contribution in [3.63, 3.8) is 0 Å². The fraction of sp³-hybridized carbons (Fsp3) is 0.316. The van der Waals surface area contributed by atoms with E-state index in [1.165, 1.54) is 0 Å². The first-order valence-corrected chi connectivity index (χ1v) is 8.79. The SMILES string of the molecule is CC(C)c1nccn1CCCNC(=O)Nc1ccc(-c2ccn[nH]2)cc1. The molecule has 0 fully saturated rings. The molecule has 0 saturated carbocycles. The van der Waals surface area contributed by atoms with E-state index in [4.69, 9.17) is 0 Å². The van der Waals surface area contributed by atoms with Crippen molar-refractivity contribution in [2.24, 2.45) is 0 Å². The first-order chi connectivity index (χ1) is 12.6. The van der Waals surface area contributed by atoms with Gasteiger partial charge in [0, 0.05) is 43.3 Å². The number of aryl methyl sites for hydroxylation is 1. The number of carbonyl (C=O) groups excluding carboxylic acids is 1. The second-order valence-corrected chi connectivity index (χ2v) is 6.42. The summed E-state index contributed by atoms with van der Waals surface area (Å²) in [5.41, 5.74) is 2.72. The Labute approximate surface area is 152 Å². The Morgan fingerprint density at radius 2 is 2.00 bits per heavy atom. The Morgan fingerprint density at radius 3 is 2.69 bits per heavy atom. The maximum absolute atomic E-state index is 12.0. The van der Waals surface area contributed by atoms with Gasteiger partial charge in [0.25, 0.3) is 0 Å². The van der Waals surface area contributed by atoms with E-state index in [1.54, 1.807) is 6.20 Å². The molecule has 26 heavy (non-hydrogen) atoms. The lowest BCUT2D eigenvalue weighted by atomic mass is 10.1. The van der Waals surface area contributed by atoms with Gasteiger partial charge < -0.3 is 15.2 Å². The molecule has 0 aliphatic heterocycles. The lowest BCUT2D eigenvalue weighted by molar-refractivity contribution is 0.252. The van der Waals surface area contributed by atoms with Gasteiger partial charge in [-0.25, -0.2) is 9.78 Å². The molecule has 2 heterocycles. The van der Waals surface area contributed by atoms with E-state index in [9.17, 15) is 4.79 Å². The van der Waals surface area contributed by atoms with Crippen LogP contribution in [0.1, 0.15) is 32.0 Å². The summed E-state index contributed by atoms with van der Waals surface area (Å²) in [5, 5.41) is 12.6. The average Bonchev–Trinajstić information content (AvgIpc) is 3.31. The second kappa shape index (κ2) is 8.33. The standard InChI is InChI=1S/C19H24N6O/c1-14(2)18-20-11-13-25(18)12-3-9-21-19(26)23-16-6-4-15(5-7-16)17-8-10-22-24-17/h4-8,10-11,13-14H,3,9,12H2,1-2H3,(H,22,24)(H2,21,23,26). The number of hydrogen-bond donors (Lipinski definition) is 3. The number of benzene rings is 1. The second-order valence-electron chi connectivity index (χ2n) is 6.42. The van der Waals surface area contributed by atoms with Crippen molar-refractivity contribution < 1.29 is 4.79 Å². The van der Waals surface area contributed by atoms with Crippen LogP contribution in [0, 0.1) is 0 Å². The highest BCUT2D eigenvalue weighted by Crippen LogP contribution is 2.18. The largest absolute Gasteiger partial charge is 0.338 e. The number of aromatic amines is 1. The highest BCUT2D eigenvalue weighted by atomic mass is 16.2. The van der Waals surface area contributed by atoms with Crippen molar-refractivity contribution in [2.75, 3.05) is 11.9 Å². The van der Waals surface area contributed by atoms with E-state index in [0.717, 1.165) is 35.7 Å². The lowest BCUT2D eigenvalue weighted by Crippen LogP contribution is -2.30. The summed E-state index contributed by atoms with van der Waals surface area (Å²) in [7, 11) is 0. The third-order valence-corrected chi connectivity index (χ3v) is 4.08. The van der Waals surface area contributed by atoms with E-state index in [1.807, 2.05) is 42.7 Å². The Balaban J connectivity index is 1.42. The smallest absolute Gasteiger partial charge is 0.319 e. The molecule has 3 aromatic rings. The normalized spacial score (nSPS) is 10.9. The molecule has 0 unspecified atom stereocenters. The van der Waals surface area contributed by atoms with Gasteiger partial charge in [-0.1, -0.05) is 26.0 Å². The monoisotopic (exact) mass is 352 g/mol. The first-order valence-electron chi connectivity index (χ1n) is 8.79. The van der Waals surface area contributed by atoms with Gasteiger partial charge in [0.05, 0.1) is 5.69 Å². The highest BCUT2D eigenvalue weighted by molar-refractivity contribution is 5.89. The zero-order valence-electron chi connectivity index (χ0n) is 15.1. The number of imidazole rings is 1. The number of anilines is 1. The van der Waals surface area contributed by atoms with Crippen molar-refractivity contribution in [3.05, 3.63) is 54.7 Å². The molecule has 0 aliphatic rings. The van der Waals surface area contributed by atoms with Crippen molar-refractivity contribution in [1.82, 2.24) is 25.1 Å². The van der Waals surface area contributed by atoms with Gasteiger partial charge >= 0.3 is 6.03 Å². The molecule has 0 radical (unpaired) electrons. The Hall–Kier alpha value is -3.09. The van der Waals surface area contributed by atoms with Gasteiger partial charge in [-0.3, -0.25) is 5.10 Å². The van der Waals surface area contributed by atoms with Crippen LogP contribution in [0.3, 0.4) is 0 Å². The molecule has 7 nitrogen and oxygen atoms in total. The minimum atomic E-state index is -0.200. The van der Waals surface area contributed by atoms with Gasteiger partial charge in [0.1, 0.15) is 5.82 Å². The number of H-pyrrole nitrogens is 1. The number of nitrogens with zero attached hydrogens (tertiary/aromatic N) is 3.